The van der Waals surface area contributed by atoms with Gasteiger partial charge in [-0.25, -0.2) is 0 Å². The maximum absolute atomic E-state index is 5.76. The van der Waals surface area contributed by atoms with Crippen molar-refractivity contribution < 1.29 is 4.74 Å². The molecule has 0 aromatic carbocycles. The highest BCUT2D eigenvalue weighted by Gasteiger charge is 2.06. The average Bonchev–Trinajstić information content (AvgIpc) is 2.36. The number of halogens is 1. The van der Waals surface area contributed by atoms with E-state index in [-0.39, 0.29) is 6.04 Å². The zero-order chi connectivity index (χ0) is 8.27. The maximum atomic E-state index is 5.76. The lowest BCUT2D eigenvalue weighted by molar-refractivity contribution is 0.180. The van der Waals surface area contributed by atoms with Crippen LogP contribution in [-0.4, -0.2) is 18.7 Å². The topological polar surface area (TPSA) is 51.0 Å². The lowest BCUT2D eigenvalue weighted by Crippen LogP contribution is -2.16. The zero-order valence-corrected chi connectivity index (χ0v) is 8.46. The second kappa shape index (κ2) is 4.08. The number of rotatable bonds is 3. The van der Waals surface area contributed by atoms with E-state index in [2.05, 4.69) is 27.6 Å². The molecule has 1 unspecified atom stereocenters. The van der Waals surface area contributed by atoms with Gasteiger partial charge in [0, 0.05) is 22.6 Å². The molecule has 0 saturated carbocycles. The molecule has 4 heteroatoms. The Labute approximate surface area is 79.5 Å². The van der Waals surface area contributed by atoms with Crippen molar-refractivity contribution in [1.82, 2.24) is 4.98 Å². The van der Waals surface area contributed by atoms with Crippen LogP contribution in [0.5, 0.6) is 0 Å². The number of methoxy groups -OCH3 is 1. The van der Waals surface area contributed by atoms with Gasteiger partial charge in [-0.1, -0.05) is 0 Å². The standard InChI is InChI=1S/C7H11IN2O/c1-11-4-6(9)7-2-5(8)3-10-7/h2-3,6,10H,4,9H2,1H3. The number of hydrogen-bond acceptors (Lipinski definition) is 2. The molecule has 1 rings (SSSR count). The molecule has 11 heavy (non-hydrogen) atoms. The third kappa shape index (κ3) is 2.46. The summed E-state index contributed by atoms with van der Waals surface area (Å²) in [4.78, 5) is 3.08. The van der Waals surface area contributed by atoms with Crippen LogP contribution in [-0.2, 0) is 4.74 Å². The molecule has 0 spiro atoms. The first-order valence-electron chi connectivity index (χ1n) is 3.32. The van der Waals surface area contributed by atoms with E-state index in [1.54, 1.807) is 7.11 Å². The Morgan fingerprint density at radius 3 is 3.00 bits per heavy atom. The normalized spacial score (nSPS) is 13.4. The monoisotopic (exact) mass is 266 g/mol. The van der Waals surface area contributed by atoms with Crippen LogP contribution in [0.4, 0.5) is 0 Å². The van der Waals surface area contributed by atoms with Crippen LogP contribution in [0.3, 0.4) is 0 Å². The molecule has 0 amide bonds. The largest absolute Gasteiger partial charge is 0.383 e. The van der Waals surface area contributed by atoms with E-state index in [0.29, 0.717) is 6.61 Å². The summed E-state index contributed by atoms with van der Waals surface area (Å²) in [6.07, 6.45) is 1.92. The highest BCUT2D eigenvalue weighted by molar-refractivity contribution is 14.1. The first-order valence-corrected chi connectivity index (χ1v) is 4.40. The van der Waals surface area contributed by atoms with Crippen molar-refractivity contribution in [3.05, 3.63) is 21.5 Å². The Balaban J connectivity index is 2.60. The van der Waals surface area contributed by atoms with E-state index in [0.717, 1.165) is 5.69 Å². The van der Waals surface area contributed by atoms with Crippen molar-refractivity contribution in [2.24, 2.45) is 5.73 Å². The van der Waals surface area contributed by atoms with Crippen LogP contribution < -0.4 is 5.73 Å². The molecule has 62 valence electrons. The van der Waals surface area contributed by atoms with E-state index in [9.17, 15) is 0 Å². The van der Waals surface area contributed by atoms with Crippen molar-refractivity contribution in [2.45, 2.75) is 6.04 Å². The molecule has 0 aliphatic carbocycles. The Hall–Kier alpha value is -0.0700. The number of ether oxygens (including phenoxy) is 1. The molecular weight excluding hydrogens is 255 g/mol. The molecular formula is C7H11IN2O. The van der Waals surface area contributed by atoms with Crippen LogP contribution in [0, 0.1) is 3.57 Å². The molecule has 1 heterocycles. The molecule has 1 aromatic rings. The minimum atomic E-state index is -0.0384. The summed E-state index contributed by atoms with van der Waals surface area (Å²) in [5, 5.41) is 0. The van der Waals surface area contributed by atoms with Gasteiger partial charge in [-0.2, -0.15) is 0 Å². The summed E-state index contributed by atoms with van der Waals surface area (Å²) in [6, 6.07) is 1.98. The van der Waals surface area contributed by atoms with Gasteiger partial charge in [-0.05, 0) is 28.7 Å². The van der Waals surface area contributed by atoms with Crippen LogP contribution >= 0.6 is 22.6 Å². The molecule has 0 fully saturated rings. The molecule has 3 N–H and O–H groups in total. The lowest BCUT2D eigenvalue weighted by Gasteiger charge is -2.06. The lowest BCUT2D eigenvalue weighted by atomic mass is 10.2. The third-order valence-corrected chi connectivity index (χ3v) is 2.04. The van der Waals surface area contributed by atoms with Crippen molar-refractivity contribution >= 4 is 22.6 Å². The predicted octanol–water partition coefficient (Wildman–Crippen LogP) is 1.27. The van der Waals surface area contributed by atoms with Gasteiger partial charge in [-0.3, -0.25) is 0 Å². The van der Waals surface area contributed by atoms with Crippen LogP contribution in [0.25, 0.3) is 0 Å². The van der Waals surface area contributed by atoms with Gasteiger partial charge in [0.2, 0.25) is 0 Å². The summed E-state index contributed by atoms with van der Waals surface area (Å²) in [5.41, 5.74) is 6.78. The fraction of sp³-hybridized carbons (Fsp3) is 0.429. The fourth-order valence-corrected chi connectivity index (χ4v) is 1.36. The number of hydrogen-bond donors (Lipinski definition) is 2. The van der Waals surface area contributed by atoms with Crippen LogP contribution in [0.1, 0.15) is 11.7 Å². The Kier molecular flexibility index (Phi) is 3.35. The van der Waals surface area contributed by atoms with E-state index in [4.69, 9.17) is 10.5 Å². The molecule has 3 nitrogen and oxygen atoms in total. The number of H-pyrrole nitrogens is 1. The maximum Gasteiger partial charge on any atom is 0.0685 e. The minimum absolute atomic E-state index is 0.0384. The van der Waals surface area contributed by atoms with Crippen LogP contribution in [0.15, 0.2) is 12.3 Å². The molecule has 0 aliphatic heterocycles. The molecule has 0 radical (unpaired) electrons. The van der Waals surface area contributed by atoms with Gasteiger partial charge < -0.3 is 15.5 Å². The smallest absolute Gasteiger partial charge is 0.0685 e. The number of aromatic amines is 1. The Bertz CT molecular complexity index is 224. The van der Waals surface area contributed by atoms with Gasteiger partial charge in [0.1, 0.15) is 0 Å². The van der Waals surface area contributed by atoms with Gasteiger partial charge >= 0.3 is 0 Å². The van der Waals surface area contributed by atoms with Gasteiger partial charge in [0.05, 0.1) is 12.6 Å². The molecule has 0 bridgehead atoms. The van der Waals surface area contributed by atoms with Crippen molar-refractivity contribution in [1.29, 1.82) is 0 Å². The highest BCUT2D eigenvalue weighted by atomic mass is 127. The first-order chi connectivity index (χ1) is 5.24. The summed E-state index contributed by atoms with van der Waals surface area (Å²) in [5.74, 6) is 0. The van der Waals surface area contributed by atoms with Gasteiger partial charge in [0.15, 0.2) is 0 Å². The number of aromatic nitrogens is 1. The summed E-state index contributed by atoms with van der Waals surface area (Å²) in [6.45, 7) is 0.552. The predicted molar refractivity (Wildman–Crippen MR) is 52.3 cm³/mol. The summed E-state index contributed by atoms with van der Waals surface area (Å²) < 4.78 is 6.09. The summed E-state index contributed by atoms with van der Waals surface area (Å²) in [7, 11) is 1.65. The minimum Gasteiger partial charge on any atom is -0.383 e. The molecule has 1 atom stereocenters. The van der Waals surface area contributed by atoms with Gasteiger partial charge in [0.25, 0.3) is 0 Å². The van der Waals surface area contributed by atoms with Gasteiger partial charge in [-0.15, -0.1) is 0 Å². The average molecular weight is 266 g/mol. The number of nitrogens with two attached hydrogens (primary N) is 1. The SMILES string of the molecule is COCC(N)c1cc(I)c[nH]1. The Morgan fingerprint density at radius 1 is 1.82 bits per heavy atom. The molecule has 0 aliphatic rings. The molecule has 1 aromatic heterocycles. The zero-order valence-electron chi connectivity index (χ0n) is 6.30. The second-order valence-electron chi connectivity index (χ2n) is 2.34. The van der Waals surface area contributed by atoms with E-state index in [1.807, 2.05) is 12.3 Å². The first kappa shape index (κ1) is 9.02. The van der Waals surface area contributed by atoms with Crippen LogP contribution in [0.2, 0.25) is 0 Å². The van der Waals surface area contributed by atoms with E-state index >= 15 is 0 Å². The highest BCUT2D eigenvalue weighted by Crippen LogP contribution is 2.12. The van der Waals surface area contributed by atoms with Crippen molar-refractivity contribution in [2.75, 3.05) is 13.7 Å². The Morgan fingerprint density at radius 2 is 2.55 bits per heavy atom. The van der Waals surface area contributed by atoms with Crippen molar-refractivity contribution in [3.63, 3.8) is 0 Å². The molecule has 0 saturated heterocycles. The second-order valence-corrected chi connectivity index (χ2v) is 3.58. The summed E-state index contributed by atoms with van der Waals surface area (Å²) >= 11 is 2.23. The quantitative estimate of drug-likeness (QED) is 0.809. The third-order valence-electron chi connectivity index (χ3n) is 1.42. The number of nitrogens with one attached hydrogen (secondary N) is 1. The fourth-order valence-electron chi connectivity index (χ4n) is 0.868. The van der Waals surface area contributed by atoms with Crippen molar-refractivity contribution in [3.8, 4) is 0 Å². The van der Waals surface area contributed by atoms with E-state index < -0.39 is 0 Å². The van der Waals surface area contributed by atoms with E-state index in [1.165, 1.54) is 3.57 Å².